The summed E-state index contributed by atoms with van der Waals surface area (Å²) in [6.45, 7) is 6.89. The molecule has 0 unspecified atom stereocenters. The van der Waals surface area contributed by atoms with Crippen LogP contribution in [0.15, 0.2) is 41.7 Å². The Kier molecular flexibility index (Phi) is 6.19. The number of nitrogens with zero attached hydrogens (tertiary/aromatic N) is 8. The van der Waals surface area contributed by atoms with Gasteiger partial charge in [-0.2, -0.15) is 18.3 Å². The molecular formula is C24H24ClF3N8. The molecule has 0 saturated heterocycles. The second-order valence-electron chi connectivity index (χ2n) is 8.80. The Labute approximate surface area is 210 Å². The third kappa shape index (κ3) is 4.43. The maximum Gasteiger partial charge on any atom is 0.434 e. The van der Waals surface area contributed by atoms with Crippen LogP contribution in [0.3, 0.4) is 0 Å². The Morgan fingerprint density at radius 1 is 1.11 bits per heavy atom. The molecular weight excluding hydrogens is 493 g/mol. The zero-order valence-corrected chi connectivity index (χ0v) is 20.7. The van der Waals surface area contributed by atoms with E-state index in [0.29, 0.717) is 40.2 Å². The first-order valence-corrected chi connectivity index (χ1v) is 12.0. The molecule has 1 aliphatic rings. The predicted molar refractivity (Wildman–Crippen MR) is 130 cm³/mol. The monoisotopic (exact) mass is 516 g/mol. The summed E-state index contributed by atoms with van der Waals surface area (Å²) in [7, 11) is 0. The summed E-state index contributed by atoms with van der Waals surface area (Å²) in [5.41, 5.74) is 1.81. The quantitative estimate of drug-likeness (QED) is 0.317. The van der Waals surface area contributed by atoms with Crippen molar-refractivity contribution in [2.75, 3.05) is 0 Å². The van der Waals surface area contributed by atoms with Crippen molar-refractivity contribution in [3.05, 3.63) is 53.2 Å². The van der Waals surface area contributed by atoms with Crippen molar-refractivity contribution in [3.8, 4) is 22.9 Å². The number of aryl methyl sites for hydroxylation is 2. The number of alkyl halides is 3. The van der Waals surface area contributed by atoms with Crippen LogP contribution >= 0.6 is 11.6 Å². The van der Waals surface area contributed by atoms with Crippen molar-refractivity contribution >= 4 is 23.0 Å². The molecule has 0 atom stereocenters. The molecule has 36 heavy (non-hydrogen) atoms. The van der Waals surface area contributed by atoms with E-state index in [9.17, 15) is 13.2 Å². The highest BCUT2D eigenvalue weighted by Gasteiger charge is 2.34. The molecule has 188 valence electrons. The number of imidazole rings is 1. The molecule has 0 fully saturated rings. The van der Waals surface area contributed by atoms with Crippen LogP contribution in [0.1, 0.15) is 51.2 Å². The molecule has 3 aromatic heterocycles. The molecule has 0 aliphatic carbocycles. The highest BCUT2D eigenvalue weighted by atomic mass is 35.5. The van der Waals surface area contributed by atoms with E-state index in [2.05, 4.69) is 15.2 Å². The van der Waals surface area contributed by atoms with E-state index in [-0.39, 0.29) is 11.9 Å². The Morgan fingerprint density at radius 2 is 1.86 bits per heavy atom. The maximum absolute atomic E-state index is 13.1. The van der Waals surface area contributed by atoms with Gasteiger partial charge in [-0.15, -0.1) is 5.10 Å². The number of halogens is 4. The molecule has 8 nitrogen and oxygen atoms in total. The lowest BCUT2D eigenvalue weighted by molar-refractivity contribution is -0.140. The first-order valence-electron chi connectivity index (χ1n) is 11.7. The van der Waals surface area contributed by atoms with Gasteiger partial charge in [0.25, 0.3) is 0 Å². The Morgan fingerprint density at radius 3 is 2.53 bits per heavy atom. The number of hydrogen-bond donors (Lipinski definition) is 0. The van der Waals surface area contributed by atoms with Crippen LogP contribution in [0.25, 0.3) is 22.9 Å². The van der Waals surface area contributed by atoms with Gasteiger partial charge < -0.3 is 4.57 Å². The number of fused-ring (bicyclic) bond motifs is 1. The predicted octanol–water partition coefficient (Wildman–Crippen LogP) is 6.19. The zero-order valence-electron chi connectivity index (χ0n) is 20.0. The summed E-state index contributed by atoms with van der Waals surface area (Å²) in [6.07, 6.45) is -0.277. The molecule has 12 heteroatoms. The molecule has 4 heterocycles. The summed E-state index contributed by atoms with van der Waals surface area (Å²) >= 11 is 6.39. The SMILES string of the molecule is CCn1cc(C(F)(F)F)nc1-c1ccc(N=C2CCCn3nc(-c4c(Cl)cnn4C(C)C)nc32)cc1. The molecule has 4 aromatic rings. The highest BCUT2D eigenvalue weighted by molar-refractivity contribution is 6.32. The Balaban J connectivity index is 1.46. The van der Waals surface area contributed by atoms with Gasteiger partial charge in [0.05, 0.1) is 22.6 Å². The molecule has 0 saturated carbocycles. The summed E-state index contributed by atoms with van der Waals surface area (Å²) in [5.74, 6) is 1.44. The van der Waals surface area contributed by atoms with Crippen LogP contribution in [0.4, 0.5) is 18.9 Å². The molecule has 1 aromatic carbocycles. The number of benzene rings is 1. The molecule has 0 radical (unpaired) electrons. The van der Waals surface area contributed by atoms with Crippen LogP contribution in [-0.4, -0.2) is 39.8 Å². The minimum absolute atomic E-state index is 0.0928. The van der Waals surface area contributed by atoms with Gasteiger partial charge in [-0.1, -0.05) is 11.6 Å². The van der Waals surface area contributed by atoms with Gasteiger partial charge in [0.2, 0.25) is 5.82 Å². The third-order valence-electron chi connectivity index (χ3n) is 5.96. The van der Waals surface area contributed by atoms with Gasteiger partial charge in [-0.3, -0.25) is 4.68 Å². The van der Waals surface area contributed by atoms with Crippen LogP contribution in [0, 0.1) is 0 Å². The lowest BCUT2D eigenvalue weighted by Crippen LogP contribution is -2.18. The third-order valence-corrected chi connectivity index (χ3v) is 6.24. The van der Waals surface area contributed by atoms with E-state index < -0.39 is 11.9 Å². The van der Waals surface area contributed by atoms with Crippen molar-refractivity contribution in [1.29, 1.82) is 0 Å². The largest absolute Gasteiger partial charge is 0.434 e. The van der Waals surface area contributed by atoms with Gasteiger partial charge in [0, 0.05) is 30.9 Å². The van der Waals surface area contributed by atoms with Crippen LogP contribution < -0.4 is 0 Å². The van der Waals surface area contributed by atoms with E-state index in [1.807, 2.05) is 18.5 Å². The van der Waals surface area contributed by atoms with Crippen molar-refractivity contribution in [2.24, 2.45) is 4.99 Å². The van der Waals surface area contributed by atoms with E-state index in [1.165, 1.54) is 4.57 Å². The van der Waals surface area contributed by atoms with Crippen LogP contribution in [0.2, 0.25) is 5.02 Å². The van der Waals surface area contributed by atoms with E-state index in [4.69, 9.17) is 21.6 Å². The summed E-state index contributed by atoms with van der Waals surface area (Å²) in [6, 6.07) is 7.09. The number of hydrogen-bond acceptors (Lipinski definition) is 5. The van der Waals surface area contributed by atoms with Gasteiger partial charge in [0.15, 0.2) is 11.5 Å². The first kappa shape index (κ1) is 24.2. The van der Waals surface area contributed by atoms with Gasteiger partial charge in [-0.05, 0) is 57.9 Å². The molecule has 5 rings (SSSR count). The zero-order chi connectivity index (χ0) is 25.6. The average molecular weight is 517 g/mol. The van der Waals surface area contributed by atoms with Crippen LogP contribution in [-0.2, 0) is 19.3 Å². The smallest absolute Gasteiger partial charge is 0.331 e. The topological polar surface area (TPSA) is 78.7 Å². The molecule has 0 spiro atoms. The fraction of sp³-hybridized carbons (Fsp3) is 0.375. The van der Waals surface area contributed by atoms with Gasteiger partial charge in [0.1, 0.15) is 11.5 Å². The minimum atomic E-state index is -4.49. The Hall–Kier alpha value is -3.47. The van der Waals surface area contributed by atoms with Crippen LogP contribution in [0.5, 0.6) is 0 Å². The van der Waals surface area contributed by atoms with Crippen molar-refractivity contribution in [1.82, 2.24) is 34.1 Å². The first-order chi connectivity index (χ1) is 17.2. The Bertz CT molecular complexity index is 1430. The fourth-order valence-corrected chi connectivity index (χ4v) is 4.45. The molecule has 0 amide bonds. The van der Waals surface area contributed by atoms with Crippen molar-refractivity contribution in [2.45, 2.75) is 58.9 Å². The lowest BCUT2D eigenvalue weighted by Gasteiger charge is -2.14. The van der Waals surface area contributed by atoms with Crippen molar-refractivity contribution < 1.29 is 13.2 Å². The lowest BCUT2D eigenvalue weighted by atomic mass is 10.1. The fourth-order valence-electron chi connectivity index (χ4n) is 4.23. The molecule has 0 N–H and O–H groups in total. The second-order valence-corrected chi connectivity index (χ2v) is 9.21. The average Bonchev–Trinajstić information content (AvgIpc) is 3.55. The summed E-state index contributed by atoms with van der Waals surface area (Å²) in [5, 5.41) is 9.49. The highest BCUT2D eigenvalue weighted by Crippen LogP contribution is 2.32. The molecule has 0 bridgehead atoms. The minimum Gasteiger partial charge on any atom is -0.331 e. The van der Waals surface area contributed by atoms with E-state index in [1.54, 1.807) is 42.1 Å². The summed E-state index contributed by atoms with van der Waals surface area (Å²) < 4.78 is 44.5. The number of aliphatic imine (C=N–C) groups is 1. The number of aromatic nitrogens is 7. The maximum atomic E-state index is 13.1. The summed E-state index contributed by atoms with van der Waals surface area (Å²) in [4.78, 5) is 13.3. The van der Waals surface area contributed by atoms with Gasteiger partial charge >= 0.3 is 6.18 Å². The number of rotatable bonds is 5. The van der Waals surface area contributed by atoms with Crippen molar-refractivity contribution in [3.63, 3.8) is 0 Å². The standard InChI is InChI=1S/C24H24ClF3N8/c1-4-34-13-19(24(26,27)28)31-22(34)15-7-9-16(10-8-15)30-18-6-5-11-35-23(18)32-21(33-35)20-17(25)12-29-36(20)14(2)3/h7-10,12-14H,4-6,11H2,1-3H3. The van der Waals surface area contributed by atoms with E-state index >= 15 is 0 Å². The van der Waals surface area contributed by atoms with Gasteiger partial charge in [-0.25, -0.2) is 19.6 Å². The van der Waals surface area contributed by atoms with E-state index in [0.717, 1.165) is 31.3 Å². The molecule has 1 aliphatic heterocycles. The second kappa shape index (κ2) is 9.20. The normalized spacial score (nSPS) is 15.2.